The first kappa shape index (κ1) is 14.3. The van der Waals surface area contributed by atoms with Gasteiger partial charge in [-0.1, -0.05) is 12.1 Å². The molecule has 2 heterocycles. The molecule has 0 amide bonds. The lowest BCUT2D eigenvalue weighted by atomic mass is 10.0. The maximum absolute atomic E-state index is 13.7. The van der Waals surface area contributed by atoms with E-state index in [1.165, 1.54) is 6.07 Å². The molecule has 1 aliphatic rings. The SMILES string of the molecule is N#Cc1c(F)cccc1N1CCC(Oc2ccccn2)CC1. The number of ether oxygens (including phenoxy) is 1. The van der Waals surface area contributed by atoms with E-state index >= 15 is 0 Å². The van der Waals surface area contributed by atoms with Crippen molar-refractivity contribution in [2.45, 2.75) is 18.9 Å². The summed E-state index contributed by atoms with van der Waals surface area (Å²) >= 11 is 0. The van der Waals surface area contributed by atoms with E-state index in [4.69, 9.17) is 10.00 Å². The van der Waals surface area contributed by atoms with Gasteiger partial charge in [0, 0.05) is 38.2 Å². The molecule has 4 nitrogen and oxygen atoms in total. The number of pyridine rings is 1. The number of nitriles is 1. The molecule has 112 valence electrons. The summed E-state index contributed by atoms with van der Waals surface area (Å²) in [5.41, 5.74) is 0.783. The third-order valence-electron chi connectivity index (χ3n) is 3.81. The second-order valence-corrected chi connectivity index (χ2v) is 5.22. The molecular weight excluding hydrogens is 281 g/mol. The van der Waals surface area contributed by atoms with E-state index in [-0.39, 0.29) is 11.7 Å². The van der Waals surface area contributed by atoms with Crippen LogP contribution in [0.3, 0.4) is 0 Å². The number of nitrogens with zero attached hydrogens (tertiary/aromatic N) is 3. The first-order valence-corrected chi connectivity index (χ1v) is 7.29. The zero-order chi connectivity index (χ0) is 15.4. The first-order valence-electron chi connectivity index (χ1n) is 7.29. The van der Waals surface area contributed by atoms with Crippen LogP contribution >= 0.6 is 0 Å². The van der Waals surface area contributed by atoms with E-state index in [1.54, 1.807) is 18.3 Å². The van der Waals surface area contributed by atoms with Crippen molar-refractivity contribution in [3.8, 4) is 11.9 Å². The predicted molar refractivity (Wildman–Crippen MR) is 81.2 cm³/mol. The van der Waals surface area contributed by atoms with Crippen LogP contribution in [0.25, 0.3) is 0 Å². The molecule has 1 fully saturated rings. The lowest BCUT2D eigenvalue weighted by Gasteiger charge is -2.33. The minimum Gasteiger partial charge on any atom is -0.474 e. The maximum atomic E-state index is 13.7. The van der Waals surface area contributed by atoms with Crippen molar-refractivity contribution in [3.63, 3.8) is 0 Å². The van der Waals surface area contributed by atoms with Crippen molar-refractivity contribution in [1.29, 1.82) is 5.26 Å². The third kappa shape index (κ3) is 3.01. The van der Waals surface area contributed by atoms with Crippen LogP contribution in [0.15, 0.2) is 42.6 Å². The summed E-state index contributed by atoms with van der Waals surface area (Å²) in [6, 6.07) is 12.3. The predicted octanol–water partition coefficient (Wildman–Crippen LogP) is 3.14. The highest BCUT2D eigenvalue weighted by Gasteiger charge is 2.23. The molecule has 0 spiro atoms. The van der Waals surface area contributed by atoms with Crippen molar-refractivity contribution >= 4 is 5.69 Å². The van der Waals surface area contributed by atoms with Gasteiger partial charge in [0.15, 0.2) is 0 Å². The zero-order valence-corrected chi connectivity index (χ0v) is 12.1. The van der Waals surface area contributed by atoms with Gasteiger partial charge in [0.2, 0.25) is 5.88 Å². The van der Waals surface area contributed by atoms with Crippen molar-refractivity contribution in [2.24, 2.45) is 0 Å². The largest absolute Gasteiger partial charge is 0.474 e. The lowest BCUT2D eigenvalue weighted by molar-refractivity contribution is 0.164. The monoisotopic (exact) mass is 297 g/mol. The number of hydrogen-bond acceptors (Lipinski definition) is 4. The summed E-state index contributed by atoms with van der Waals surface area (Å²) in [6.45, 7) is 1.46. The minimum atomic E-state index is -0.466. The topological polar surface area (TPSA) is 49.2 Å². The van der Waals surface area contributed by atoms with Crippen LogP contribution in [-0.4, -0.2) is 24.2 Å². The summed E-state index contributed by atoms with van der Waals surface area (Å²) in [5.74, 6) is 0.163. The summed E-state index contributed by atoms with van der Waals surface area (Å²) in [7, 11) is 0. The molecule has 1 saturated heterocycles. The van der Waals surface area contributed by atoms with E-state index in [9.17, 15) is 4.39 Å². The molecular formula is C17H16FN3O. The Bertz CT molecular complexity index is 676. The Morgan fingerprint density at radius 3 is 2.68 bits per heavy atom. The molecule has 1 aliphatic heterocycles. The maximum Gasteiger partial charge on any atom is 0.213 e. The molecule has 0 radical (unpaired) electrons. The molecule has 22 heavy (non-hydrogen) atoms. The van der Waals surface area contributed by atoms with E-state index in [0.29, 0.717) is 11.6 Å². The van der Waals surface area contributed by atoms with Gasteiger partial charge in [0.05, 0.1) is 5.69 Å². The number of benzene rings is 1. The average Bonchev–Trinajstić information content (AvgIpc) is 2.56. The second-order valence-electron chi connectivity index (χ2n) is 5.22. The van der Waals surface area contributed by atoms with E-state index < -0.39 is 5.82 Å². The minimum absolute atomic E-state index is 0.102. The standard InChI is InChI=1S/C17H16FN3O/c18-15-4-3-5-16(14(15)12-19)21-10-7-13(8-11-21)22-17-6-1-2-9-20-17/h1-6,9,13H,7-8,10-11H2. The Balaban J connectivity index is 1.65. The quantitative estimate of drug-likeness (QED) is 0.873. The second kappa shape index (κ2) is 6.44. The molecule has 0 N–H and O–H groups in total. The zero-order valence-electron chi connectivity index (χ0n) is 12.1. The van der Waals surface area contributed by atoms with Gasteiger partial charge < -0.3 is 9.64 Å². The fraction of sp³-hybridized carbons (Fsp3) is 0.294. The van der Waals surface area contributed by atoms with Gasteiger partial charge in [0.25, 0.3) is 0 Å². The summed E-state index contributed by atoms with van der Waals surface area (Å²) in [5, 5.41) is 9.13. The fourth-order valence-corrected chi connectivity index (χ4v) is 2.69. The van der Waals surface area contributed by atoms with Gasteiger partial charge in [0.1, 0.15) is 23.6 Å². The van der Waals surface area contributed by atoms with Gasteiger partial charge in [-0.3, -0.25) is 0 Å². The normalized spacial score (nSPS) is 15.4. The Labute approximate surface area is 128 Å². The third-order valence-corrected chi connectivity index (χ3v) is 3.81. The van der Waals surface area contributed by atoms with Crippen LogP contribution in [0.2, 0.25) is 0 Å². The Morgan fingerprint density at radius 1 is 1.18 bits per heavy atom. The van der Waals surface area contributed by atoms with Gasteiger partial charge in [-0.25, -0.2) is 9.37 Å². The molecule has 5 heteroatoms. The number of halogens is 1. The van der Waals surface area contributed by atoms with Crippen LogP contribution in [0, 0.1) is 17.1 Å². The highest BCUT2D eigenvalue weighted by molar-refractivity contribution is 5.60. The summed E-state index contributed by atoms with van der Waals surface area (Å²) in [4.78, 5) is 6.20. The number of rotatable bonds is 3. The van der Waals surface area contributed by atoms with Crippen molar-refractivity contribution in [2.75, 3.05) is 18.0 Å². The number of anilines is 1. The highest BCUT2D eigenvalue weighted by Crippen LogP contribution is 2.26. The molecule has 0 saturated carbocycles. The molecule has 1 aromatic carbocycles. The lowest BCUT2D eigenvalue weighted by Crippen LogP contribution is -2.38. The van der Waals surface area contributed by atoms with Crippen molar-refractivity contribution in [1.82, 2.24) is 4.98 Å². The fourth-order valence-electron chi connectivity index (χ4n) is 2.69. The number of hydrogen-bond donors (Lipinski definition) is 0. The Kier molecular flexibility index (Phi) is 4.19. The molecule has 2 aromatic rings. The Morgan fingerprint density at radius 2 is 2.00 bits per heavy atom. The van der Waals surface area contributed by atoms with E-state index in [0.717, 1.165) is 25.9 Å². The van der Waals surface area contributed by atoms with Gasteiger partial charge in [-0.15, -0.1) is 0 Å². The van der Waals surface area contributed by atoms with Crippen LogP contribution in [0.4, 0.5) is 10.1 Å². The van der Waals surface area contributed by atoms with Crippen LogP contribution < -0.4 is 9.64 Å². The molecule has 0 bridgehead atoms. The first-order chi connectivity index (χ1) is 10.8. The van der Waals surface area contributed by atoms with E-state index in [2.05, 4.69) is 4.98 Å². The van der Waals surface area contributed by atoms with Crippen molar-refractivity contribution in [3.05, 3.63) is 54.0 Å². The van der Waals surface area contributed by atoms with Crippen LogP contribution in [-0.2, 0) is 0 Å². The van der Waals surface area contributed by atoms with Gasteiger partial charge >= 0.3 is 0 Å². The summed E-state index contributed by atoms with van der Waals surface area (Å²) in [6.07, 6.45) is 3.44. The number of piperidine rings is 1. The molecule has 0 unspecified atom stereocenters. The van der Waals surface area contributed by atoms with Gasteiger partial charge in [-0.2, -0.15) is 5.26 Å². The molecule has 3 rings (SSSR count). The molecule has 0 aliphatic carbocycles. The van der Waals surface area contributed by atoms with Crippen molar-refractivity contribution < 1.29 is 9.13 Å². The van der Waals surface area contributed by atoms with E-state index in [1.807, 2.05) is 29.2 Å². The molecule has 1 aromatic heterocycles. The average molecular weight is 297 g/mol. The van der Waals surface area contributed by atoms with Crippen LogP contribution in [0.5, 0.6) is 5.88 Å². The Hall–Kier alpha value is -2.61. The smallest absolute Gasteiger partial charge is 0.213 e. The van der Waals surface area contributed by atoms with Gasteiger partial charge in [-0.05, 0) is 18.2 Å². The summed E-state index contributed by atoms with van der Waals surface area (Å²) < 4.78 is 19.5. The van der Waals surface area contributed by atoms with Crippen LogP contribution in [0.1, 0.15) is 18.4 Å². The highest BCUT2D eigenvalue weighted by atomic mass is 19.1. The molecule has 0 atom stereocenters. The number of aromatic nitrogens is 1.